The number of anilines is 1. The lowest BCUT2D eigenvalue weighted by atomic mass is 10.3. The Bertz CT molecular complexity index is 639. The smallest absolute Gasteiger partial charge is 0.404 e. The molecule has 112 valence electrons. The average molecular weight is 300 g/mol. The standard InChI is InChI=1S/C12H11F3N4O2/c1-2-9-17-10(19-18-9)11(20)16-7-5-3-4-6-8(7)21-12(13,14)15/h3-6H,2H2,1H3,(H,16,20)(H,17,18,19). The van der Waals surface area contributed by atoms with Crippen LogP contribution in [0.15, 0.2) is 24.3 Å². The number of halogens is 3. The molecule has 0 unspecified atom stereocenters. The van der Waals surface area contributed by atoms with E-state index in [2.05, 4.69) is 25.2 Å². The number of rotatable bonds is 4. The quantitative estimate of drug-likeness (QED) is 0.909. The molecule has 0 spiro atoms. The van der Waals surface area contributed by atoms with E-state index in [1.165, 1.54) is 18.2 Å². The Labute approximate surface area is 117 Å². The number of alkyl halides is 3. The molecule has 0 aliphatic carbocycles. The fourth-order valence-electron chi connectivity index (χ4n) is 1.52. The van der Waals surface area contributed by atoms with Crippen LogP contribution in [0.2, 0.25) is 0 Å². The number of hydrogen-bond donors (Lipinski definition) is 2. The van der Waals surface area contributed by atoms with Crippen LogP contribution < -0.4 is 10.1 Å². The first-order valence-electron chi connectivity index (χ1n) is 5.96. The van der Waals surface area contributed by atoms with Crippen molar-refractivity contribution in [1.29, 1.82) is 0 Å². The Morgan fingerprint density at radius 3 is 2.71 bits per heavy atom. The lowest BCUT2D eigenvalue weighted by Crippen LogP contribution is -2.20. The van der Waals surface area contributed by atoms with E-state index in [9.17, 15) is 18.0 Å². The van der Waals surface area contributed by atoms with Gasteiger partial charge in [-0.1, -0.05) is 19.1 Å². The molecule has 0 saturated carbocycles. The zero-order chi connectivity index (χ0) is 15.5. The fourth-order valence-corrected chi connectivity index (χ4v) is 1.52. The summed E-state index contributed by atoms with van der Waals surface area (Å²) < 4.78 is 40.6. The number of aryl methyl sites for hydroxylation is 1. The molecule has 1 aromatic heterocycles. The first-order valence-corrected chi connectivity index (χ1v) is 5.96. The van der Waals surface area contributed by atoms with Gasteiger partial charge < -0.3 is 10.1 Å². The van der Waals surface area contributed by atoms with Crippen molar-refractivity contribution in [2.75, 3.05) is 5.32 Å². The van der Waals surface area contributed by atoms with Crippen molar-refractivity contribution in [3.05, 3.63) is 35.9 Å². The van der Waals surface area contributed by atoms with E-state index in [0.717, 1.165) is 6.07 Å². The normalized spacial score (nSPS) is 11.2. The van der Waals surface area contributed by atoms with Crippen molar-refractivity contribution in [1.82, 2.24) is 15.2 Å². The van der Waals surface area contributed by atoms with E-state index in [1.54, 1.807) is 0 Å². The Kier molecular flexibility index (Phi) is 4.10. The molecule has 1 heterocycles. The highest BCUT2D eigenvalue weighted by atomic mass is 19.4. The summed E-state index contributed by atoms with van der Waals surface area (Å²) in [6.07, 6.45) is -4.30. The molecule has 0 aliphatic rings. The molecule has 0 aliphatic heterocycles. The summed E-state index contributed by atoms with van der Waals surface area (Å²) in [5, 5.41) is 8.50. The second-order valence-electron chi connectivity index (χ2n) is 3.96. The van der Waals surface area contributed by atoms with Crippen LogP contribution in [0.4, 0.5) is 18.9 Å². The number of nitrogens with one attached hydrogen (secondary N) is 2. The van der Waals surface area contributed by atoms with Crippen LogP contribution in [0.1, 0.15) is 23.4 Å². The number of para-hydroxylation sites is 2. The first-order chi connectivity index (χ1) is 9.89. The zero-order valence-electron chi connectivity index (χ0n) is 10.9. The lowest BCUT2D eigenvalue weighted by Gasteiger charge is -2.13. The second-order valence-corrected chi connectivity index (χ2v) is 3.96. The van der Waals surface area contributed by atoms with Crippen molar-refractivity contribution in [3.63, 3.8) is 0 Å². The molecule has 21 heavy (non-hydrogen) atoms. The highest BCUT2D eigenvalue weighted by molar-refractivity contribution is 6.02. The summed E-state index contributed by atoms with van der Waals surface area (Å²) in [5.74, 6) is -0.901. The maximum atomic E-state index is 12.3. The van der Waals surface area contributed by atoms with Crippen molar-refractivity contribution in [3.8, 4) is 5.75 Å². The fraction of sp³-hybridized carbons (Fsp3) is 0.250. The van der Waals surface area contributed by atoms with Crippen LogP contribution in [-0.2, 0) is 6.42 Å². The highest BCUT2D eigenvalue weighted by Gasteiger charge is 2.32. The lowest BCUT2D eigenvalue weighted by molar-refractivity contribution is -0.274. The number of amides is 1. The summed E-state index contributed by atoms with van der Waals surface area (Å²) >= 11 is 0. The Balaban J connectivity index is 2.17. The van der Waals surface area contributed by atoms with Gasteiger partial charge in [0.2, 0.25) is 5.82 Å². The van der Waals surface area contributed by atoms with Crippen LogP contribution in [0.3, 0.4) is 0 Å². The molecule has 0 saturated heterocycles. The molecule has 1 amide bonds. The molecule has 0 fully saturated rings. The molecule has 2 aromatic rings. The van der Waals surface area contributed by atoms with Crippen LogP contribution in [0.25, 0.3) is 0 Å². The summed E-state index contributed by atoms with van der Waals surface area (Å²) in [4.78, 5) is 15.8. The van der Waals surface area contributed by atoms with Gasteiger partial charge in [0.1, 0.15) is 5.82 Å². The molecule has 2 rings (SSSR count). The minimum absolute atomic E-state index is 0.123. The maximum absolute atomic E-state index is 12.3. The number of nitrogens with zero attached hydrogens (tertiary/aromatic N) is 2. The third-order valence-corrected chi connectivity index (χ3v) is 2.43. The van der Waals surface area contributed by atoms with Gasteiger partial charge in [-0.3, -0.25) is 9.89 Å². The number of carbonyl (C=O) groups is 1. The third kappa shape index (κ3) is 3.94. The van der Waals surface area contributed by atoms with Gasteiger partial charge in [-0.25, -0.2) is 4.98 Å². The molecule has 6 nitrogen and oxygen atoms in total. The number of aromatic nitrogens is 3. The summed E-state index contributed by atoms with van der Waals surface area (Å²) in [7, 11) is 0. The van der Waals surface area contributed by atoms with Crippen LogP contribution in [0, 0.1) is 0 Å². The van der Waals surface area contributed by atoms with E-state index >= 15 is 0 Å². The number of ether oxygens (including phenoxy) is 1. The van der Waals surface area contributed by atoms with Crippen molar-refractivity contribution < 1.29 is 22.7 Å². The number of aromatic amines is 1. The monoisotopic (exact) mass is 300 g/mol. The van der Waals surface area contributed by atoms with E-state index in [-0.39, 0.29) is 11.5 Å². The molecular weight excluding hydrogens is 289 g/mol. The molecule has 0 radical (unpaired) electrons. The van der Waals surface area contributed by atoms with E-state index in [0.29, 0.717) is 12.2 Å². The number of H-pyrrole nitrogens is 1. The average Bonchev–Trinajstić information content (AvgIpc) is 2.88. The first kappa shape index (κ1) is 14.8. The minimum atomic E-state index is -4.85. The van der Waals surface area contributed by atoms with Crippen LogP contribution in [0.5, 0.6) is 5.75 Å². The minimum Gasteiger partial charge on any atom is -0.404 e. The third-order valence-electron chi connectivity index (χ3n) is 2.43. The number of carbonyl (C=O) groups excluding carboxylic acids is 1. The van der Waals surface area contributed by atoms with E-state index in [4.69, 9.17) is 0 Å². The predicted molar refractivity (Wildman–Crippen MR) is 66.8 cm³/mol. The summed E-state index contributed by atoms with van der Waals surface area (Å²) in [6.45, 7) is 1.81. The van der Waals surface area contributed by atoms with Gasteiger partial charge in [0, 0.05) is 6.42 Å². The highest BCUT2D eigenvalue weighted by Crippen LogP contribution is 2.30. The van der Waals surface area contributed by atoms with Crippen molar-refractivity contribution in [2.45, 2.75) is 19.7 Å². The van der Waals surface area contributed by atoms with Gasteiger partial charge in [0.25, 0.3) is 5.91 Å². The van der Waals surface area contributed by atoms with Gasteiger partial charge in [0.15, 0.2) is 5.75 Å². The Hall–Kier alpha value is -2.58. The summed E-state index contributed by atoms with van der Waals surface area (Å²) in [5.41, 5.74) is -0.123. The summed E-state index contributed by atoms with van der Waals surface area (Å²) in [6, 6.07) is 5.21. The van der Waals surface area contributed by atoms with E-state index < -0.39 is 18.0 Å². The molecule has 9 heteroatoms. The number of hydrogen-bond acceptors (Lipinski definition) is 4. The Morgan fingerprint density at radius 2 is 2.10 bits per heavy atom. The van der Waals surface area contributed by atoms with Crippen molar-refractivity contribution in [2.24, 2.45) is 0 Å². The molecule has 2 N–H and O–H groups in total. The largest absolute Gasteiger partial charge is 0.573 e. The van der Waals surface area contributed by atoms with Gasteiger partial charge in [0.05, 0.1) is 5.69 Å². The van der Waals surface area contributed by atoms with Gasteiger partial charge in [-0.2, -0.15) is 0 Å². The molecular formula is C12H11F3N4O2. The molecule has 1 aromatic carbocycles. The second kappa shape index (κ2) is 5.81. The molecule has 0 atom stereocenters. The van der Waals surface area contributed by atoms with Crippen molar-refractivity contribution >= 4 is 11.6 Å². The van der Waals surface area contributed by atoms with Gasteiger partial charge in [-0.05, 0) is 12.1 Å². The predicted octanol–water partition coefficient (Wildman–Crippen LogP) is 2.52. The van der Waals surface area contributed by atoms with Crippen LogP contribution >= 0.6 is 0 Å². The van der Waals surface area contributed by atoms with Crippen LogP contribution in [-0.4, -0.2) is 27.5 Å². The topological polar surface area (TPSA) is 79.9 Å². The van der Waals surface area contributed by atoms with Gasteiger partial charge >= 0.3 is 6.36 Å². The maximum Gasteiger partial charge on any atom is 0.573 e. The van der Waals surface area contributed by atoms with Gasteiger partial charge in [-0.15, -0.1) is 18.3 Å². The molecule has 0 bridgehead atoms. The zero-order valence-corrected chi connectivity index (χ0v) is 10.9. The van der Waals surface area contributed by atoms with E-state index in [1.807, 2.05) is 6.92 Å². The Morgan fingerprint density at radius 1 is 1.38 bits per heavy atom. The SMILES string of the molecule is CCc1nc(C(=O)Nc2ccccc2OC(F)(F)F)n[nH]1. The number of benzene rings is 1.